The number of amides is 1. The first-order valence-electron chi connectivity index (χ1n) is 5.02. The third-order valence-corrected chi connectivity index (χ3v) is 2.79. The van der Waals surface area contributed by atoms with Gasteiger partial charge in [-0.2, -0.15) is 0 Å². The van der Waals surface area contributed by atoms with E-state index < -0.39 is 0 Å². The van der Waals surface area contributed by atoms with Crippen molar-refractivity contribution < 1.29 is 9.53 Å². The lowest BCUT2D eigenvalue weighted by Crippen LogP contribution is -2.11. The average Bonchev–Trinajstić information content (AvgIpc) is 2.66. The Morgan fingerprint density at radius 3 is 3.06 bits per heavy atom. The number of hydrogen-bond donors (Lipinski definition) is 1. The molecule has 0 aromatic carbocycles. The first-order valence-corrected chi connectivity index (χ1v) is 6.37. The van der Waals surface area contributed by atoms with Crippen LogP contribution in [-0.2, 0) is 16.0 Å². The highest BCUT2D eigenvalue weighted by atomic mass is 35.5. The molecule has 16 heavy (non-hydrogen) atoms. The molecular weight excluding hydrogens is 250 g/mol. The predicted octanol–water partition coefficient (Wildman–Crippen LogP) is 1.68. The highest BCUT2D eigenvalue weighted by Gasteiger charge is 2.07. The molecule has 0 saturated carbocycles. The molecule has 0 spiro atoms. The van der Waals surface area contributed by atoms with Crippen molar-refractivity contribution in [2.75, 3.05) is 24.4 Å². The van der Waals surface area contributed by atoms with Crippen LogP contribution in [0, 0.1) is 0 Å². The van der Waals surface area contributed by atoms with Gasteiger partial charge in [0.2, 0.25) is 11.0 Å². The highest BCUT2D eigenvalue weighted by molar-refractivity contribution is 7.15. The van der Waals surface area contributed by atoms with Crippen molar-refractivity contribution in [1.29, 1.82) is 0 Å². The molecule has 0 bridgehead atoms. The molecule has 0 aliphatic heterocycles. The Balaban J connectivity index is 2.36. The van der Waals surface area contributed by atoms with Gasteiger partial charge in [-0.05, 0) is 6.92 Å². The number of rotatable bonds is 7. The maximum Gasteiger partial charge on any atom is 0.227 e. The fraction of sp³-hybridized carbons (Fsp3) is 0.667. The van der Waals surface area contributed by atoms with Gasteiger partial charge in [-0.3, -0.25) is 4.79 Å². The third-order valence-electron chi connectivity index (χ3n) is 1.70. The van der Waals surface area contributed by atoms with E-state index in [0.717, 1.165) is 11.4 Å². The number of carbonyl (C=O) groups is 1. The summed E-state index contributed by atoms with van der Waals surface area (Å²) in [4.78, 5) is 11.2. The van der Waals surface area contributed by atoms with Gasteiger partial charge in [-0.25, -0.2) is 0 Å². The van der Waals surface area contributed by atoms with Gasteiger partial charge >= 0.3 is 0 Å². The molecule has 0 aliphatic carbocycles. The number of nitrogens with zero attached hydrogens (tertiary/aromatic N) is 2. The summed E-state index contributed by atoms with van der Waals surface area (Å²) in [6.07, 6.45) is 1.01. The van der Waals surface area contributed by atoms with Crippen molar-refractivity contribution in [2.45, 2.75) is 19.8 Å². The van der Waals surface area contributed by atoms with Crippen LogP contribution < -0.4 is 5.32 Å². The number of nitrogens with one attached hydrogen (secondary N) is 1. The summed E-state index contributed by atoms with van der Waals surface area (Å²) in [7, 11) is 0. The summed E-state index contributed by atoms with van der Waals surface area (Å²) < 4.78 is 5.20. The molecule has 7 heteroatoms. The van der Waals surface area contributed by atoms with E-state index in [1.807, 2.05) is 6.92 Å². The first-order chi connectivity index (χ1) is 7.76. The Bertz CT molecular complexity index is 332. The average molecular weight is 264 g/mol. The van der Waals surface area contributed by atoms with E-state index in [2.05, 4.69) is 15.5 Å². The molecule has 1 aromatic rings. The number of halogens is 1. The van der Waals surface area contributed by atoms with Crippen molar-refractivity contribution in [3.63, 3.8) is 0 Å². The lowest BCUT2D eigenvalue weighted by atomic mass is 10.5. The first kappa shape index (κ1) is 13.3. The summed E-state index contributed by atoms with van der Waals surface area (Å²) in [5.74, 6) is 0.171. The van der Waals surface area contributed by atoms with Crippen LogP contribution in [0.4, 0.5) is 5.13 Å². The zero-order chi connectivity index (χ0) is 11.8. The minimum absolute atomic E-state index is 0.137. The topological polar surface area (TPSA) is 64.1 Å². The fourth-order valence-corrected chi connectivity index (χ4v) is 1.88. The molecule has 1 N–H and O–H groups in total. The SMILES string of the molecule is CCOCCc1nnc(NC(=O)CCCl)s1. The van der Waals surface area contributed by atoms with Crippen molar-refractivity contribution in [3.05, 3.63) is 5.01 Å². The van der Waals surface area contributed by atoms with Crippen LogP contribution in [0.1, 0.15) is 18.4 Å². The van der Waals surface area contributed by atoms with Gasteiger partial charge in [0.25, 0.3) is 0 Å². The summed E-state index contributed by atoms with van der Waals surface area (Å²) in [5, 5.41) is 11.8. The third kappa shape index (κ3) is 4.87. The monoisotopic (exact) mass is 263 g/mol. The van der Waals surface area contributed by atoms with Gasteiger partial charge in [0, 0.05) is 25.3 Å². The molecule has 0 saturated heterocycles. The highest BCUT2D eigenvalue weighted by Crippen LogP contribution is 2.15. The lowest BCUT2D eigenvalue weighted by molar-refractivity contribution is -0.115. The lowest BCUT2D eigenvalue weighted by Gasteiger charge is -1.97. The Kier molecular flexibility index (Phi) is 6.29. The molecule has 0 radical (unpaired) electrons. The van der Waals surface area contributed by atoms with Crippen LogP contribution in [0.2, 0.25) is 0 Å². The van der Waals surface area contributed by atoms with Crippen molar-refractivity contribution in [1.82, 2.24) is 10.2 Å². The van der Waals surface area contributed by atoms with Gasteiger partial charge in [0.15, 0.2) is 0 Å². The molecule has 0 unspecified atom stereocenters. The van der Waals surface area contributed by atoms with Crippen molar-refractivity contribution in [2.24, 2.45) is 0 Å². The quantitative estimate of drug-likeness (QED) is 0.601. The van der Waals surface area contributed by atoms with E-state index in [1.165, 1.54) is 11.3 Å². The van der Waals surface area contributed by atoms with Crippen molar-refractivity contribution in [3.8, 4) is 0 Å². The minimum atomic E-state index is -0.137. The molecule has 0 atom stereocenters. The van der Waals surface area contributed by atoms with Gasteiger partial charge in [0.05, 0.1) is 6.61 Å². The standard InChI is InChI=1S/C9H14ClN3O2S/c1-2-15-6-4-8-12-13-9(16-8)11-7(14)3-5-10/h2-6H2,1H3,(H,11,13,14). The Morgan fingerprint density at radius 1 is 1.56 bits per heavy atom. The van der Waals surface area contributed by atoms with Gasteiger partial charge in [-0.15, -0.1) is 21.8 Å². The van der Waals surface area contributed by atoms with E-state index in [0.29, 0.717) is 24.2 Å². The summed E-state index contributed by atoms with van der Waals surface area (Å²) in [6.45, 7) is 3.26. The van der Waals surface area contributed by atoms with Crippen LogP contribution in [0.25, 0.3) is 0 Å². The molecule has 1 heterocycles. The number of alkyl halides is 1. The van der Waals surface area contributed by atoms with E-state index in [-0.39, 0.29) is 12.3 Å². The minimum Gasteiger partial charge on any atom is -0.381 e. The number of hydrogen-bond acceptors (Lipinski definition) is 5. The number of carbonyl (C=O) groups excluding carboxylic acids is 1. The summed E-state index contributed by atoms with van der Waals surface area (Å²) in [6, 6.07) is 0. The molecule has 0 aliphatic rings. The van der Waals surface area contributed by atoms with Crippen LogP contribution in [0.15, 0.2) is 0 Å². The predicted molar refractivity (Wildman–Crippen MR) is 64.1 cm³/mol. The Hall–Kier alpha value is -0.720. The maximum absolute atomic E-state index is 11.2. The number of ether oxygens (including phenoxy) is 1. The molecule has 90 valence electrons. The number of anilines is 1. The fourth-order valence-electron chi connectivity index (χ4n) is 0.977. The second-order valence-electron chi connectivity index (χ2n) is 2.94. The van der Waals surface area contributed by atoms with Crippen LogP contribution >= 0.6 is 22.9 Å². The zero-order valence-electron chi connectivity index (χ0n) is 9.03. The van der Waals surface area contributed by atoms with Gasteiger partial charge < -0.3 is 10.1 Å². The van der Waals surface area contributed by atoms with Gasteiger partial charge in [-0.1, -0.05) is 11.3 Å². The van der Waals surface area contributed by atoms with Crippen LogP contribution in [-0.4, -0.2) is 35.2 Å². The second-order valence-corrected chi connectivity index (χ2v) is 4.38. The zero-order valence-corrected chi connectivity index (χ0v) is 10.6. The normalized spacial score (nSPS) is 10.4. The van der Waals surface area contributed by atoms with Crippen molar-refractivity contribution >= 4 is 34.0 Å². The summed E-state index contributed by atoms with van der Waals surface area (Å²) >= 11 is 6.80. The summed E-state index contributed by atoms with van der Waals surface area (Å²) in [5.41, 5.74) is 0. The van der Waals surface area contributed by atoms with E-state index in [4.69, 9.17) is 16.3 Å². The smallest absolute Gasteiger partial charge is 0.227 e. The molecule has 1 aromatic heterocycles. The second kappa shape index (κ2) is 7.54. The van der Waals surface area contributed by atoms with E-state index in [9.17, 15) is 4.79 Å². The molecule has 5 nitrogen and oxygen atoms in total. The van der Waals surface area contributed by atoms with E-state index >= 15 is 0 Å². The molecular formula is C9H14ClN3O2S. The maximum atomic E-state index is 11.2. The van der Waals surface area contributed by atoms with E-state index in [1.54, 1.807) is 0 Å². The largest absolute Gasteiger partial charge is 0.381 e. The molecule has 1 rings (SSSR count). The molecule has 0 fully saturated rings. The Morgan fingerprint density at radius 2 is 2.38 bits per heavy atom. The van der Waals surface area contributed by atoms with Gasteiger partial charge in [0.1, 0.15) is 5.01 Å². The van der Waals surface area contributed by atoms with Crippen LogP contribution in [0.5, 0.6) is 0 Å². The van der Waals surface area contributed by atoms with Crippen LogP contribution in [0.3, 0.4) is 0 Å². The Labute approximate surface area is 103 Å². The molecule has 1 amide bonds. The number of aromatic nitrogens is 2.